The lowest BCUT2D eigenvalue weighted by atomic mass is 9.98. The Bertz CT molecular complexity index is 816. The van der Waals surface area contributed by atoms with Gasteiger partial charge >= 0.3 is 6.09 Å². The normalized spacial score (nSPS) is 22.4. The van der Waals surface area contributed by atoms with E-state index in [0.717, 1.165) is 37.8 Å². The summed E-state index contributed by atoms with van der Waals surface area (Å²) in [6.45, 7) is 11.1. The molecule has 0 radical (unpaired) electrons. The molecule has 7 nitrogen and oxygen atoms in total. The molecule has 2 aliphatic rings. The number of hydrogen-bond donors (Lipinski definition) is 2. The van der Waals surface area contributed by atoms with Crippen LogP contribution in [0.2, 0.25) is 0 Å². The number of carbonyl (C=O) groups excluding carboxylic acids is 1. The van der Waals surface area contributed by atoms with Gasteiger partial charge in [0.2, 0.25) is 0 Å². The number of carbonyl (C=O) groups is 1. The molecule has 1 aromatic rings. The highest BCUT2D eigenvalue weighted by Crippen LogP contribution is 2.36. The van der Waals surface area contributed by atoms with E-state index in [2.05, 4.69) is 15.6 Å². The number of piperidine rings is 1. The van der Waals surface area contributed by atoms with Gasteiger partial charge in [-0.2, -0.15) is 0 Å². The second kappa shape index (κ2) is 12.1. The van der Waals surface area contributed by atoms with Gasteiger partial charge < -0.3 is 25.0 Å². The SMILES string of the molecule is CCNC(=NCc1ccc(OCC)c(F)c1)NC1CC2CCC(C1)N2C(=O)OC(C)(C)C.I. The molecular formula is C24H38FIN4O3. The van der Waals surface area contributed by atoms with Crippen LogP contribution in [0.25, 0.3) is 0 Å². The van der Waals surface area contributed by atoms with E-state index in [4.69, 9.17) is 9.47 Å². The van der Waals surface area contributed by atoms with Crippen molar-refractivity contribution in [2.24, 2.45) is 4.99 Å². The topological polar surface area (TPSA) is 75.2 Å². The van der Waals surface area contributed by atoms with Gasteiger partial charge in [-0.3, -0.25) is 0 Å². The molecule has 9 heteroatoms. The molecule has 3 rings (SSSR count). The Labute approximate surface area is 213 Å². The van der Waals surface area contributed by atoms with Crippen LogP contribution in [0.4, 0.5) is 9.18 Å². The van der Waals surface area contributed by atoms with Gasteiger partial charge in [0.25, 0.3) is 0 Å². The van der Waals surface area contributed by atoms with E-state index in [-0.39, 0.29) is 59.8 Å². The summed E-state index contributed by atoms with van der Waals surface area (Å²) in [4.78, 5) is 19.3. The second-order valence-corrected chi connectivity index (χ2v) is 9.48. The number of nitrogens with zero attached hydrogens (tertiary/aromatic N) is 2. The first kappa shape index (κ1) is 27.5. The van der Waals surface area contributed by atoms with Crippen molar-refractivity contribution in [1.29, 1.82) is 0 Å². The minimum absolute atomic E-state index is 0. The fourth-order valence-corrected chi connectivity index (χ4v) is 4.51. The standard InChI is InChI=1S/C24H37FN4O3.HI/c1-6-26-22(27-15-16-8-11-21(31-7-2)20(25)12-16)28-17-13-18-9-10-19(14-17)29(18)23(30)32-24(3,4)5;/h8,11-12,17-19H,6-7,9-10,13-15H2,1-5H3,(H2,26,27,28);1H. The smallest absolute Gasteiger partial charge is 0.410 e. The molecule has 33 heavy (non-hydrogen) atoms. The predicted molar refractivity (Wildman–Crippen MR) is 139 cm³/mol. The Morgan fingerprint density at radius 2 is 1.88 bits per heavy atom. The average molecular weight is 576 g/mol. The van der Waals surface area contributed by atoms with E-state index in [1.807, 2.05) is 45.6 Å². The van der Waals surface area contributed by atoms with E-state index in [1.165, 1.54) is 6.07 Å². The molecule has 2 aliphatic heterocycles. The number of rotatable bonds is 6. The van der Waals surface area contributed by atoms with E-state index in [9.17, 15) is 9.18 Å². The summed E-state index contributed by atoms with van der Waals surface area (Å²) in [7, 11) is 0. The van der Waals surface area contributed by atoms with Crippen molar-refractivity contribution in [3.05, 3.63) is 29.6 Å². The molecule has 2 N–H and O–H groups in total. The zero-order valence-corrected chi connectivity index (χ0v) is 22.6. The Hall–Kier alpha value is -1.78. The number of hydrogen-bond acceptors (Lipinski definition) is 4. The van der Waals surface area contributed by atoms with Crippen molar-refractivity contribution < 1.29 is 18.7 Å². The van der Waals surface area contributed by atoms with E-state index >= 15 is 0 Å². The summed E-state index contributed by atoms with van der Waals surface area (Å²) in [5.41, 5.74) is 0.291. The number of ether oxygens (including phenoxy) is 2. The maximum absolute atomic E-state index is 14.1. The Morgan fingerprint density at radius 3 is 2.42 bits per heavy atom. The summed E-state index contributed by atoms with van der Waals surface area (Å²) in [5, 5.41) is 6.80. The Kier molecular flexibility index (Phi) is 10.1. The molecule has 1 aromatic carbocycles. The molecule has 2 fully saturated rings. The molecule has 0 spiro atoms. The molecule has 2 unspecified atom stereocenters. The van der Waals surface area contributed by atoms with Gasteiger partial charge in [0, 0.05) is 24.7 Å². The molecule has 1 amide bonds. The summed E-state index contributed by atoms with van der Waals surface area (Å²) in [6.07, 6.45) is 3.51. The third-order valence-electron chi connectivity index (χ3n) is 5.74. The predicted octanol–water partition coefficient (Wildman–Crippen LogP) is 4.83. The largest absolute Gasteiger partial charge is 0.491 e. The molecule has 2 atom stereocenters. The van der Waals surface area contributed by atoms with Gasteiger partial charge in [-0.25, -0.2) is 14.2 Å². The summed E-state index contributed by atoms with van der Waals surface area (Å²) in [6, 6.07) is 5.54. The monoisotopic (exact) mass is 576 g/mol. The van der Waals surface area contributed by atoms with Gasteiger partial charge in [0.15, 0.2) is 17.5 Å². The fraction of sp³-hybridized carbons (Fsp3) is 0.667. The first-order valence-corrected chi connectivity index (χ1v) is 11.7. The highest BCUT2D eigenvalue weighted by atomic mass is 127. The van der Waals surface area contributed by atoms with Gasteiger partial charge in [-0.15, -0.1) is 24.0 Å². The first-order chi connectivity index (χ1) is 15.2. The highest BCUT2D eigenvalue weighted by Gasteiger charge is 2.45. The number of aliphatic imine (C=N–C) groups is 1. The van der Waals surface area contributed by atoms with Crippen molar-refractivity contribution in [1.82, 2.24) is 15.5 Å². The zero-order valence-electron chi connectivity index (χ0n) is 20.3. The molecule has 2 saturated heterocycles. The molecule has 2 heterocycles. The van der Waals surface area contributed by atoms with Gasteiger partial charge in [-0.05, 0) is 78.0 Å². The molecule has 2 bridgehead atoms. The minimum atomic E-state index is -0.489. The average Bonchev–Trinajstić information content (AvgIpc) is 2.98. The van der Waals surface area contributed by atoms with Crippen LogP contribution in [0.1, 0.15) is 65.9 Å². The number of fused-ring (bicyclic) bond motifs is 2. The van der Waals surface area contributed by atoms with Crippen LogP contribution in [0, 0.1) is 5.82 Å². The number of amides is 1. The van der Waals surface area contributed by atoms with Gasteiger partial charge in [-0.1, -0.05) is 6.07 Å². The Balaban J connectivity index is 0.00000385. The quantitative estimate of drug-likeness (QED) is 0.289. The second-order valence-electron chi connectivity index (χ2n) is 9.48. The molecule has 0 aliphatic carbocycles. The van der Waals surface area contributed by atoms with Crippen LogP contribution in [0.5, 0.6) is 5.75 Å². The number of guanidine groups is 1. The van der Waals surface area contributed by atoms with Crippen LogP contribution in [0.15, 0.2) is 23.2 Å². The number of nitrogens with one attached hydrogen (secondary N) is 2. The summed E-state index contributed by atoms with van der Waals surface area (Å²) >= 11 is 0. The summed E-state index contributed by atoms with van der Waals surface area (Å²) in [5.74, 6) is 0.595. The third kappa shape index (κ3) is 7.61. The first-order valence-electron chi connectivity index (χ1n) is 11.7. The van der Waals surface area contributed by atoms with Crippen molar-refractivity contribution in [2.75, 3.05) is 13.2 Å². The van der Waals surface area contributed by atoms with Crippen molar-refractivity contribution in [3.8, 4) is 5.75 Å². The van der Waals surface area contributed by atoms with Crippen molar-refractivity contribution in [3.63, 3.8) is 0 Å². The van der Waals surface area contributed by atoms with E-state index in [1.54, 1.807) is 6.07 Å². The van der Waals surface area contributed by atoms with Gasteiger partial charge in [0.05, 0.1) is 13.2 Å². The van der Waals surface area contributed by atoms with E-state index in [0.29, 0.717) is 19.1 Å². The van der Waals surface area contributed by atoms with Crippen LogP contribution in [0.3, 0.4) is 0 Å². The lowest BCUT2D eigenvalue weighted by Gasteiger charge is -2.40. The van der Waals surface area contributed by atoms with Crippen molar-refractivity contribution in [2.45, 2.75) is 90.6 Å². The molecule has 0 aromatic heterocycles. The van der Waals surface area contributed by atoms with Crippen LogP contribution >= 0.6 is 24.0 Å². The van der Waals surface area contributed by atoms with E-state index < -0.39 is 5.60 Å². The maximum Gasteiger partial charge on any atom is 0.410 e. The number of benzene rings is 1. The summed E-state index contributed by atoms with van der Waals surface area (Å²) < 4.78 is 25.0. The van der Waals surface area contributed by atoms with Crippen molar-refractivity contribution >= 4 is 36.0 Å². The number of halogens is 2. The van der Waals surface area contributed by atoms with Crippen LogP contribution in [-0.4, -0.2) is 53.8 Å². The van der Waals surface area contributed by atoms with Crippen LogP contribution < -0.4 is 15.4 Å². The zero-order chi connectivity index (χ0) is 23.3. The van der Waals surface area contributed by atoms with Crippen LogP contribution in [-0.2, 0) is 11.3 Å². The molecule has 0 saturated carbocycles. The minimum Gasteiger partial charge on any atom is -0.491 e. The van der Waals surface area contributed by atoms with Gasteiger partial charge in [0.1, 0.15) is 5.60 Å². The molecular weight excluding hydrogens is 538 g/mol. The fourth-order valence-electron chi connectivity index (χ4n) is 4.51. The third-order valence-corrected chi connectivity index (χ3v) is 5.74. The maximum atomic E-state index is 14.1. The lowest BCUT2D eigenvalue weighted by molar-refractivity contribution is 0.00545. The highest BCUT2D eigenvalue weighted by molar-refractivity contribution is 14.0. The molecule has 186 valence electrons. The Morgan fingerprint density at radius 1 is 1.21 bits per heavy atom. The lowest BCUT2D eigenvalue weighted by Crippen LogP contribution is -2.55.